The second kappa shape index (κ2) is 9.47. The van der Waals surface area contributed by atoms with Crippen LogP contribution in [-0.2, 0) is 22.5 Å². The van der Waals surface area contributed by atoms with Crippen molar-refractivity contribution in [2.45, 2.75) is 19.9 Å². The molecule has 8 heteroatoms. The Kier molecular flexibility index (Phi) is 6.30. The number of fused-ring (bicyclic) bond motifs is 1. The predicted octanol–water partition coefficient (Wildman–Crippen LogP) is 2.36. The van der Waals surface area contributed by atoms with Crippen LogP contribution < -0.4 is 5.32 Å². The van der Waals surface area contributed by atoms with Crippen LogP contribution in [0.15, 0.2) is 60.7 Å². The molecule has 0 spiro atoms. The van der Waals surface area contributed by atoms with Crippen molar-refractivity contribution in [3.8, 4) is 5.69 Å². The molecule has 2 heterocycles. The van der Waals surface area contributed by atoms with Gasteiger partial charge in [0.15, 0.2) is 5.69 Å². The maximum atomic E-state index is 12.8. The lowest BCUT2D eigenvalue weighted by molar-refractivity contribution is -0.131. The molecule has 0 atom stereocenters. The van der Waals surface area contributed by atoms with Gasteiger partial charge in [0.2, 0.25) is 5.91 Å². The molecule has 8 nitrogen and oxygen atoms in total. The third-order valence-corrected chi connectivity index (χ3v) is 5.32. The lowest BCUT2D eigenvalue weighted by Gasteiger charge is -2.28. The summed E-state index contributed by atoms with van der Waals surface area (Å²) in [4.78, 5) is 39.2. The van der Waals surface area contributed by atoms with Crippen LogP contribution in [0.5, 0.6) is 0 Å². The Morgan fingerprint density at radius 2 is 1.72 bits per heavy atom. The predicted molar refractivity (Wildman–Crippen MR) is 117 cm³/mol. The zero-order chi connectivity index (χ0) is 22.5. The molecular weight excluding hydrogens is 408 g/mol. The minimum atomic E-state index is -0.509. The number of rotatable bonds is 6. The number of hydrogen-bond donors (Lipinski definition) is 1. The monoisotopic (exact) mass is 432 g/mol. The van der Waals surface area contributed by atoms with Gasteiger partial charge >= 0.3 is 5.97 Å². The fourth-order valence-corrected chi connectivity index (χ4v) is 3.74. The molecule has 4 rings (SSSR count). The van der Waals surface area contributed by atoms with Gasteiger partial charge in [-0.3, -0.25) is 9.59 Å². The van der Waals surface area contributed by atoms with Crippen molar-refractivity contribution in [1.29, 1.82) is 0 Å². The second-order valence-electron chi connectivity index (χ2n) is 7.36. The number of aromatic nitrogens is 2. The molecule has 1 aliphatic heterocycles. The average molecular weight is 432 g/mol. The van der Waals surface area contributed by atoms with Gasteiger partial charge in [0.1, 0.15) is 0 Å². The van der Waals surface area contributed by atoms with Crippen molar-refractivity contribution in [2.75, 3.05) is 19.7 Å². The molecule has 0 radical (unpaired) electrons. The van der Waals surface area contributed by atoms with Gasteiger partial charge in [0.25, 0.3) is 5.91 Å². The fourth-order valence-electron chi connectivity index (χ4n) is 3.74. The third-order valence-electron chi connectivity index (χ3n) is 5.32. The number of nitrogens with zero attached hydrogens (tertiary/aromatic N) is 3. The highest BCUT2D eigenvalue weighted by atomic mass is 16.5. The summed E-state index contributed by atoms with van der Waals surface area (Å²) in [5.74, 6) is -1.03. The smallest absolute Gasteiger partial charge is 0.359 e. The Bertz CT molecular complexity index is 1130. The van der Waals surface area contributed by atoms with Crippen LogP contribution in [0.25, 0.3) is 5.69 Å². The van der Waals surface area contributed by atoms with E-state index in [9.17, 15) is 14.4 Å². The normalized spacial score (nSPS) is 12.7. The minimum absolute atomic E-state index is 0.120. The van der Waals surface area contributed by atoms with Crippen LogP contribution in [0.4, 0.5) is 0 Å². The van der Waals surface area contributed by atoms with Crippen molar-refractivity contribution in [3.63, 3.8) is 0 Å². The van der Waals surface area contributed by atoms with Crippen LogP contribution >= 0.6 is 0 Å². The Morgan fingerprint density at radius 3 is 2.41 bits per heavy atom. The zero-order valence-corrected chi connectivity index (χ0v) is 17.8. The third kappa shape index (κ3) is 4.39. The quantitative estimate of drug-likeness (QED) is 0.604. The molecule has 1 N–H and O–H groups in total. The van der Waals surface area contributed by atoms with Crippen molar-refractivity contribution >= 4 is 17.8 Å². The van der Waals surface area contributed by atoms with Crippen molar-refractivity contribution in [2.24, 2.45) is 0 Å². The first-order valence-electron chi connectivity index (χ1n) is 10.5. The number of nitrogens with one attached hydrogen (secondary N) is 1. The molecule has 0 fully saturated rings. The Hall–Kier alpha value is -3.94. The fraction of sp³-hybridized carbons (Fsp3) is 0.250. The Balaban J connectivity index is 1.53. The summed E-state index contributed by atoms with van der Waals surface area (Å²) < 4.78 is 6.94. The summed E-state index contributed by atoms with van der Waals surface area (Å²) in [5.41, 5.74) is 3.12. The molecule has 1 aliphatic rings. The van der Waals surface area contributed by atoms with Gasteiger partial charge in [0, 0.05) is 30.6 Å². The summed E-state index contributed by atoms with van der Waals surface area (Å²) in [6.07, 6.45) is 0.537. The van der Waals surface area contributed by atoms with Gasteiger partial charge in [-0.05, 0) is 31.2 Å². The number of para-hydroxylation sites is 1. The maximum absolute atomic E-state index is 12.8. The van der Waals surface area contributed by atoms with Crippen LogP contribution in [0.2, 0.25) is 0 Å². The molecule has 32 heavy (non-hydrogen) atoms. The molecular formula is C24H24N4O4. The highest BCUT2D eigenvalue weighted by molar-refractivity contribution is 5.96. The van der Waals surface area contributed by atoms with Crippen LogP contribution in [0.1, 0.15) is 39.0 Å². The van der Waals surface area contributed by atoms with Crippen molar-refractivity contribution in [1.82, 2.24) is 20.0 Å². The molecule has 2 amide bonds. The summed E-state index contributed by atoms with van der Waals surface area (Å²) in [5, 5.41) is 7.19. The molecule has 0 bridgehead atoms. The van der Waals surface area contributed by atoms with Crippen LogP contribution in [0.3, 0.4) is 0 Å². The number of benzene rings is 2. The first-order chi connectivity index (χ1) is 15.6. The zero-order valence-electron chi connectivity index (χ0n) is 17.8. The lowest BCUT2D eigenvalue weighted by Crippen LogP contribution is -2.43. The van der Waals surface area contributed by atoms with Gasteiger partial charge in [-0.1, -0.05) is 36.4 Å². The number of amides is 2. The minimum Gasteiger partial charge on any atom is -0.461 e. The van der Waals surface area contributed by atoms with E-state index in [0.29, 0.717) is 24.1 Å². The molecule has 2 aromatic carbocycles. The van der Waals surface area contributed by atoms with Crippen molar-refractivity contribution < 1.29 is 19.1 Å². The van der Waals surface area contributed by atoms with Gasteiger partial charge < -0.3 is 15.0 Å². The topological polar surface area (TPSA) is 93.5 Å². The van der Waals surface area contributed by atoms with Gasteiger partial charge in [-0.25, -0.2) is 9.48 Å². The van der Waals surface area contributed by atoms with E-state index in [1.165, 1.54) is 0 Å². The average Bonchev–Trinajstić information content (AvgIpc) is 3.22. The van der Waals surface area contributed by atoms with E-state index >= 15 is 0 Å². The lowest BCUT2D eigenvalue weighted by atomic mass is 10.0. The summed E-state index contributed by atoms with van der Waals surface area (Å²) in [6, 6.07) is 18.3. The Morgan fingerprint density at radius 1 is 1.03 bits per heavy atom. The number of carbonyl (C=O) groups is 3. The van der Waals surface area contributed by atoms with E-state index in [0.717, 1.165) is 11.4 Å². The number of hydrogen-bond acceptors (Lipinski definition) is 5. The maximum Gasteiger partial charge on any atom is 0.359 e. The van der Waals surface area contributed by atoms with Gasteiger partial charge in [-0.2, -0.15) is 5.10 Å². The second-order valence-corrected chi connectivity index (χ2v) is 7.36. The number of esters is 1. The van der Waals surface area contributed by atoms with Gasteiger partial charge in [0.05, 0.1) is 24.5 Å². The van der Waals surface area contributed by atoms with Crippen LogP contribution in [0, 0.1) is 0 Å². The molecule has 164 valence electrons. The van der Waals surface area contributed by atoms with E-state index in [1.54, 1.807) is 40.8 Å². The van der Waals surface area contributed by atoms with E-state index in [4.69, 9.17) is 4.74 Å². The SMILES string of the molecule is CCOC(=O)c1nn(-c2ccccc2)c2c1CN(C(=O)CNC(=O)c1ccccc1)CC2. The van der Waals surface area contributed by atoms with E-state index < -0.39 is 5.97 Å². The summed E-state index contributed by atoms with van der Waals surface area (Å²) in [7, 11) is 0. The number of ether oxygens (including phenoxy) is 1. The van der Waals surface area contributed by atoms with Crippen molar-refractivity contribution in [3.05, 3.63) is 83.2 Å². The molecule has 1 aromatic heterocycles. The first kappa shape index (κ1) is 21.3. The molecule has 0 unspecified atom stereocenters. The van der Waals surface area contributed by atoms with E-state index in [2.05, 4.69) is 10.4 Å². The van der Waals surface area contributed by atoms with E-state index in [1.807, 2.05) is 36.4 Å². The Labute approximate surface area is 185 Å². The summed E-state index contributed by atoms with van der Waals surface area (Å²) in [6.45, 7) is 2.55. The highest BCUT2D eigenvalue weighted by Crippen LogP contribution is 2.26. The largest absolute Gasteiger partial charge is 0.461 e. The molecule has 0 saturated heterocycles. The molecule has 0 saturated carbocycles. The first-order valence-corrected chi connectivity index (χ1v) is 10.5. The standard InChI is InChI=1S/C24H24N4O4/c1-2-32-24(31)22-19-16-27(21(29)15-25-23(30)17-9-5-3-6-10-17)14-13-20(19)28(26-22)18-11-7-4-8-12-18/h3-12H,2,13-16H2,1H3,(H,25,30). The van der Waals surface area contributed by atoms with E-state index in [-0.39, 0.29) is 37.2 Å². The summed E-state index contributed by atoms with van der Waals surface area (Å²) >= 11 is 0. The van der Waals surface area contributed by atoms with Crippen LogP contribution in [-0.4, -0.2) is 52.2 Å². The molecule has 0 aliphatic carbocycles. The molecule has 3 aromatic rings. The highest BCUT2D eigenvalue weighted by Gasteiger charge is 2.31. The number of carbonyl (C=O) groups excluding carboxylic acids is 3. The van der Waals surface area contributed by atoms with Gasteiger partial charge in [-0.15, -0.1) is 0 Å².